The number of benzene rings is 1. The molecule has 7 nitrogen and oxygen atoms in total. The third-order valence-electron chi connectivity index (χ3n) is 5.27. The molecule has 0 saturated heterocycles. The number of methoxy groups -OCH3 is 1. The fourth-order valence-electron chi connectivity index (χ4n) is 3.38. The first-order valence-electron chi connectivity index (χ1n) is 11.0. The number of carbonyl (C=O) groups is 1. The molecule has 31 heavy (non-hydrogen) atoms. The van der Waals surface area contributed by atoms with Crippen LogP contribution in [0, 0.1) is 5.41 Å². The summed E-state index contributed by atoms with van der Waals surface area (Å²) in [5.41, 5.74) is 0.478. The monoisotopic (exact) mass is 546 g/mol. The first-order valence-corrected chi connectivity index (χ1v) is 11.0. The summed E-state index contributed by atoms with van der Waals surface area (Å²) in [5, 5.41) is 9.44. The lowest BCUT2D eigenvalue weighted by molar-refractivity contribution is -0.128. The number of nitrogens with one attached hydrogen (secondary N) is 3. The van der Waals surface area contributed by atoms with Crippen molar-refractivity contribution < 1.29 is 14.3 Å². The second-order valence-electron chi connectivity index (χ2n) is 8.29. The predicted octanol–water partition coefficient (Wildman–Crippen LogP) is 3.85. The third kappa shape index (κ3) is 8.74. The minimum absolute atomic E-state index is 0. The van der Waals surface area contributed by atoms with E-state index in [-0.39, 0.29) is 36.0 Å². The van der Waals surface area contributed by atoms with Gasteiger partial charge >= 0.3 is 0 Å². The van der Waals surface area contributed by atoms with Crippen molar-refractivity contribution in [3.05, 3.63) is 23.8 Å². The molecule has 0 aliphatic heterocycles. The van der Waals surface area contributed by atoms with E-state index in [9.17, 15) is 4.79 Å². The Hall–Kier alpha value is -1.71. The molecule has 1 aromatic rings. The lowest BCUT2D eigenvalue weighted by Gasteiger charge is -2.25. The number of hydrogen-bond donors (Lipinski definition) is 3. The van der Waals surface area contributed by atoms with Crippen LogP contribution in [0.1, 0.15) is 58.9 Å². The van der Waals surface area contributed by atoms with Crippen LogP contribution in [0.25, 0.3) is 0 Å². The number of guanidine groups is 1. The van der Waals surface area contributed by atoms with E-state index in [1.165, 1.54) is 12.8 Å². The summed E-state index contributed by atoms with van der Waals surface area (Å²) in [6, 6.07) is 5.89. The number of carbonyl (C=O) groups excluding carboxylic acids is 1. The number of amides is 1. The predicted molar refractivity (Wildman–Crippen MR) is 137 cm³/mol. The quantitative estimate of drug-likeness (QED) is 0.236. The number of rotatable bonds is 10. The highest BCUT2D eigenvalue weighted by atomic mass is 127. The van der Waals surface area contributed by atoms with Crippen LogP contribution in [0.3, 0.4) is 0 Å². The maximum atomic E-state index is 12.2. The Morgan fingerprint density at radius 3 is 2.42 bits per heavy atom. The van der Waals surface area contributed by atoms with E-state index in [1.54, 1.807) is 7.11 Å². The molecular weight excluding hydrogens is 507 g/mol. The SMILES string of the molecule is CCNC(=O)C(C)(C)CNC(=NCc1ccc(OC)cc1OC1CCCC1)NCC.I. The summed E-state index contributed by atoms with van der Waals surface area (Å²) >= 11 is 0. The van der Waals surface area contributed by atoms with Gasteiger partial charge in [-0.15, -0.1) is 24.0 Å². The van der Waals surface area contributed by atoms with Gasteiger partial charge < -0.3 is 25.4 Å². The van der Waals surface area contributed by atoms with Crippen molar-refractivity contribution in [2.75, 3.05) is 26.7 Å². The normalized spacial score (nSPS) is 14.5. The van der Waals surface area contributed by atoms with E-state index in [1.807, 2.05) is 45.9 Å². The van der Waals surface area contributed by atoms with Crippen molar-refractivity contribution in [3.63, 3.8) is 0 Å². The van der Waals surface area contributed by atoms with Crippen molar-refractivity contribution in [2.24, 2.45) is 10.4 Å². The Bertz CT molecular complexity index is 719. The number of hydrogen-bond acceptors (Lipinski definition) is 4. The van der Waals surface area contributed by atoms with Gasteiger partial charge in [-0.2, -0.15) is 0 Å². The molecule has 0 atom stereocenters. The number of ether oxygens (including phenoxy) is 2. The second-order valence-corrected chi connectivity index (χ2v) is 8.29. The molecule has 1 amide bonds. The van der Waals surface area contributed by atoms with Crippen LogP contribution >= 0.6 is 24.0 Å². The molecule has 1 aromatic carbocycles. The largest absolute Gasteiger partial charge is 0.497 e. The van der Waals surface area contributed by atoms with Crippen molar-refractivity contribution in [3.8, 4) is 11.5 Å². The topological polar surface area (TPSA) is 84.0 Å². The van der Waals surface area contributed by atoms with Gasteiger partial charge in [0.05, 0.1) is 25.2 Å². The minimum atomic E-state index is -0.539. The van der Waals surface area contributed by atoms with Gasteiger partial charge in [0.1, 0.15) is 11.5 Å². The van der Waals surface area contributed by atoms with Crippen LogP contribution in [0.5, 0.6) is 11.5 Å². The summed E-state index contributed by atoms with van der Waals surface area (Å²) in [4.78, 5) is 17.0. The van der Waals surface area contributed by atoms with Crippen LogP contribution in [-0.4, -0.2) is 44.7 Å². The first-order chi connectivity index (χ1) is 14.4. The van der Waals surface area contributed by atoms with Gasteiger partial charge in [-0.1, -0.05) is 0 Å². The van der Waals surface area contributed by atoms with Crippen LogP contribution in [0.2, 0.25) is 0 Å². The molecule has 2 rings (SSSR count). The number of nitrogens with zero attached hydrogens (tertiary/aromatic N) is 1. The fourth-order valence-corrected chi connectivity index (χ4v) is 3.38. The molecule has 1 fully saturated rings. The lowest BCUT2D eigenvalue weighted by Crippen LogP contribution is -2.47. The molecule has 0 bridgehead atoms. The van der Waals surface area contributed by atoms with Gasteiger partial charge in [-0.3, -0.25) is 4.79 Å². The van der Waals surface area contributed by atoms with E-state index >= 15 is 0 Å². The van der Waals surface area contributed by atoms with Crippen LogP contribution in [-0.2, 0) is 11.3 Å². The molecule has 0 aromatic heterocycles. The fraction of sp³-hybridized carbons (Fsp3) is 0.652. The zero-order chi connectivity index (χ0) is 22.0. The van der Waals surface area contributed by atoms with E-state index in [0.717, 1.165) is 36.4 Å². The zero-order valence-corrected chi connectivity index (χ0v) is 21.9. The summed E-state index contributed by atoms with van der Waals surface area (Å²) in [6.45, 7) is 10.1. The van der Waals surface area contributed by atoms with E-state index in [4.69, 9.17) is 14.5 Å². The molecular formula is C23H39IN4O3. The van der Waals surface area contributed by atoms with Gasteiger partial charge in [0.15, 0.2) is 5.96 Å². The second kappa shape index (κ2) is 13.6. The van der Waals surface area contributed by atoms with Crippen LogP contribution in [0.4, 0.5) is 0 Å². The average molecular weight is 546 g/mol. The minimum Gasteiger partial charge on any atom is -0.497 e. The molecule has 3 N–H and O–H groups in total. The van der Waals surface area contributed by atoms with Gasteiger partial charge in [0.2, 0.25) is 5.91 Å². The molecule has 176 valence electrons. The highest BCUT2D eigenvalue weighted by Crippen LogP contribution is 2.30. The Morgan fingerprint density at radius 2 is 1.81 bits per heavy atom. The van der Waals surface area contributed by atoms with Gasteiger partial charge in [-0.25, -0.2) is 4.99 Å². The van der Waals surface area contributed by atoms with Crippen molar-refractivity contribution in [1.82, 2.24) is 16.0 Å². The summed E-state index contributed by atoms with van der Waals surface area (Å²) in [7, 11) is 1.66. The van der Waals surface area contributed by atoms with Gasteiger partial charge in [-0.05, 0) is 65.5 Å². The first kappa shape index (κ1) is 27.3. The Morgan fingerprint density at radius 1 is 1.13 bits per heavy atom. The molecule has 0 spiro atoms. The molecule has 1 aliphatic carbocycles. The maximum Gasteiger partial charge on any atom is 0.227 e. The molecule has 1 aliphatic rings. The van der Waals surface area contributed by atoms with Gasteiger partial charge in [0.25, 0.3) is 0 Å². The highest BCUT2D eigenvalue weighted by molar-refractivity contribution is 14.0. The molecule has 0 radical (unpaired) electrons. The number of halogens is 1. The number of aliphatic imine (C=N–C) groups is 1. The third-order valence-corrected chi connectivity index (χ3v) is 5.27. The molecule has 0 unspecified atom stereocenters. The highest BCUT2D eigenvalue weighted by Gasteiger charge is 2.27. The summed E-state index contributed by atoms with van der Waals surface area (Å²) in [6.07, 6.45) is 4.90. The standard InChI is InChI=1S/C23H38N4O3.HI/c1-6-24-21(28)23(3,4)16-27-22(25-7-2)26-15-17-12-13-19(29-5)14-20(17)30-18-10-8-9-11-18;/h12-14,18H,6-11,15-16H2,1-5H3,(H,24,28)(H2,25,26,27);1H. The van der Waals surface area contributed by atoms with Crippen molar-refractivity contribution >= 4 is 35.8 Å². The lowest BCUT2D eigenvalue weighted by atomic mass is 9.92. The van der Waals surface area contributed by atoms with Crippen LogP contribution in [0.15, 0.2) is 23.2 Å². The van der Waals surface area contributed by atoms with Crippen LogP contribution < -0.4 is 25.4 Å². The molecule has 8 heteroatoms. The summed E-state index contributed by atoms with van der Waals surface area (Å²) < 4.78 is 11.6. The maximum absolute atomic E-state index is 12.2. The Labute approximate surface area is 204 Å². The van der Waals surface area contributed by atoms with E-state index in [2.05, 4.69) is 16.0 Å². The smallest absolute Gasteiger partial charge is 0.227 e. The van der Waals surface area contributed by atoms with Crippen molar-refractivity contribution in [2.45, 2.75) is 66.0 Å². The average Bonchev–Trinajstić information content (AvgIpc) is 3.24. The van der Waals surface area contributed by atoms with Crippen molar-refractivity contribution in [1.29, 1.82) is 0 Å². The zero-order valence-electron chi connectivity index (χ0n) is 19.5. The Kier molecular flexibility index (Phi) is 12.0. The Balaban J connectivity index is 0.00000480. The summed E-state index contributed by atoms with van der Waals surface area (Å²) in [5.74, 6) is 2.32. The van der Waals surface area contributed by atoms with Gasteiger partial charge in [0, 0.05) is 31.3 Å². The van der Waals surface area contributed by atoms with E-state index in [0.29, 0.717) is 25.6 Å². The molecule has 1 saturated carbocycles. The van der Waals surface area contributed by atoms with E-state index < -0.39 is 5.41 Å². The molecule has 0 heterocycles.